The summed E-state index contributed by atoms with van der Waals surface area (Å²) in [7, 11) is 1.96. The van der Waals surface area contributed by atoms with Gasteiger partial charge >= 0.3 is 5.97 Å². The zero-order valence-electron chi connectivity index (χ0n) is 13.6. The Morgan fingerprint density at radius 3 is 2.91 bits per heavy atom. The molecule has 2 aliphatic heterocycles. The van der Waals surface area contributed by atoms with Crippen molar-refractivity contribution in [3.8, 4) is 0 Å². The molecular weight excluding hydrogens is 299 g/mol. The zero-order valence-corrected chi connectivity index (χ0v) is 13.6. The molecule has 0 saturated carbocycles. The number of halogens is 1. The lowest BCUT2D eigenvalue weighted by atomic mass is 9.68. The minimum atomic E-state index is -0.730. The van der Waals surface area contributed by atoms with Crippen molar-refractivity contribution in [1.82, 2.24) is 14.9 Å². The summed E-state index contributed by atoms with van der Waals surface area (Å²) in [5.41, 5.74) is -0.317. The number of carbonyl (C=O) groups is 1. The van der Waals surface area contributed by atoms with Gasteiger partial charge in [-0.1, -0.05) is 6.92 Å². The van der Waals surface area contributed by atoms with Crippen LogP contribution in [0.3, 0.4) is 0 Å². The van der Waals surface area contributed by atoms with Gasteiger partial charge in [-0.05, 0) is 39.3 Å². The first-order valence-corrected chi connectivity index (χ1v) is 8.17. The van der Waals surface area contributed by atoms with Crippen molar-refractivity contribution < 1.29 is 14.3 Å². The van der Waals surface area contributed by atoms with Gasteiger partial charge in [-0.15, -0.1) is 0 Å². The second kappa shape index (κ2) is 6.03. The average molecular weight is 322 g/mol. The van der Waals surface area contributed by atoms with E-state index in [1.807, 2.05) is 18.9 Å². The smallest absolute Gasteiger partial charge is 0.311 e. The molecule has 3 rings (SSSR count). The molecule has 1 aromatic heterocycles. The van der Waals surface area contributed by atoms with Gasteiger partial charge < -0.3 is 14.9 Å². The highest BCUT2D eigenvalue weighted by molar-refractivity contribution is 5.76. The molecule has 2 atom stereocenters. The third-order valence-corrected chi connectivity index (χ3v) is 5.43. The first-order chi connectivity index (χ1) is 11.0. The predicted octanol–water partition coefficient (Wildman–Crippen LogP) is 1.55. The quantitative estimate of drug-likeness (QED) is 0.911. The van der Waals surface area contributed by atoms with E-state index in [0.717, 1.165) is 13.0 Å². The Kier molecular flexibility index (Phi) is 4.23. The number of hydrogen-bond donors (Lipinski definition) is 1. The number of carboxylic acid groups (broad SMARTS) is 1. The van der Waals surface area contributed by atoms with Crippen LogP contribution in [0.1, 0.15) is 31.9 Å². The fourth-order valence-corrected chi connectivity index (χ4v) is 4.04. The van der Waals surface area contributed by atoms with Crippen molar-refractivity contribution >= 4 is 11.8 Å². The van der Waals surface area contributed by atoms with Crippen LogP contribution in [0.25, 0.3) is 0 Å². The van der Waals surface area contributed by atoms with Gasteiger partial charge in [0.25, 0.3) is 0 Å². The monoisotopic (exact) mass is 322 g/mol. The fraction of sp³-hybridized carbons (Fsp3) is 0.688. The summed E-state index contributed by atoms with van der Waals surface area (Å²) >= 11 is 0. The molecule has 7 heteroatoms. The second-order valence-corrected chi connectivity index (χ2v) is 6.57. The van der Waals surface area contributed by atoms with Gasteiger partial charge in [0.15, 0.2) is 11.6 Å². The van der Waals surface area contributed by atoms with Crippen LogP contribution in [0, 0.1) is 11.2 Å². The first kappa shape index (κ1) is 16.1. The molecule has 2 saturated heterocycles. The minimum Gasteiger partial charge on any atom is -0.481 e. The lowest BCUT2D eigenvalue weighted by molar-refractivity contribution is -0.158. The molecular formula is C16H23FN4O2. The molecule has 23 heavy (non-hydrogen) atoms. The number of carboxylic acids is 1. The van der Waals surface area contributed by atoms with Crippen LogP contribution in [0.2, 0.25) is 0 Å². The van der Waals surface area contributed by atoms with Crippen molar-refractivity contribution in [3.05, 3.63) is 17.8 Å². The van der Waals surface area contributed by atoms with Crippen LogP contribution >= 0.6 is 0 Å². The summed E-state index contributed by atoms with van der Waals surface area (Å²) in [5, 5.41) is 9.79. The second-order valence-electron chi connectivity index (χ2n) is 6.57. The molecule has 0 bridgehead atoms. The summed E-state index contributed by atoms with van der Waals surface area (Å²) in [4.78, 5) is 24.0. The average Bonchev–Trinajstić information content (AvgIpc) is 2.55. The Hall–Kier alpha value is -1.76. The van der Waals surface area contributed by atoms with Gasteiger partial charge in [0.05, 0.1) is 11.1 Å². The first-order valence-electron chi connectivity index (χ1n) is 8.17. The van der Waals surface area contributed by atoms with E-state index in [2.05, 4.69) is 14.9 Å². The van der Waals surface area contributed by atoms with Crippen LogP contribution in [0.4, 0.5) is 10.2 Å². The molecule has 0 spiro atoms. The molecule has 0 radical (unpaired) electrons. The maximum absolute atomic E-state index is 14.5. The highest BCUT2D eigenvalue weighted by atomic mass is 19.1. The molecule has 0 aliphatic carbocycles. The lowest BCUT2D eigenvalue weighted by Crippen LogP contribution is -2.63. The van der Waals surface area contributed by atoms with Crippen LogP contribution in [0.5, 0.6) is 0 Å². The molecule has 1 N–H and O–H groups in total. The Balaban J connectivity index is 1.91. The number of likely N-dealkylation sites (N-methyl/N-ethyl adjacent to an activating group) is 1. The number of nitrogens with zero attached hydrogens (tertiary/aromatic N) is 4. The van der Waals surface area contributed by atoms with Gasteiger partial charge in [0.2, 0.25) is 0 Å². The van der Waals surface area contributed by atoms with Crippen LogP contribution < -0.4 is 4.90 Å². The van der Waals surface area contributed by atoms with E-state index in [-0.39, 0.29) is 11.9 Å². The van der Waals surface area contributed by atoms with Gasteiger partial charge in [-0.2, -0.15) is 0 Å². The maximum atomic E-state index is 14.5. The Labute approximate surface area is 135 Å². The van der Waals surface area contributed by atoms with Crippen LogP contribution in [-0.4, -0.2) is 58.7 Å². The molecule has 0 unspecified atom stereocenters. The van der Waals surface area contributed by atoms with E-state index in [9.17, 15) is 14.3 Å². The number of aliphatic carboxylic acids is 1. The number of fused-ring (bicyclic) bond motifs is 1. The number of hydrogen-bond acceptors (Lipinski definition) is 5. The highest BCUT2D eigenvalue weighted by Crippen LogP contribution is 2.43. The third kappa shape index (κ3) is 2.56. The number of piperidine rings is 2. The van der Waals surface area contributed by atoms with Crippen molar-refractivity contribution in [2.45, 2.75) is 38.6 Å². The van der Waals surface area contributed by atoms with Gasteiger partial charge in [0.1, 0.15) is 6.33 Å². The highest BCUT2D eigenvalue weighted by Gasteiger charge is 2.52. The van der Waals surface area contributed by atoms with Crippen molar-refractivity contribution in [3.63, 3.8) is 0 Å². The summed E-state index contributed by atoms with van der Waals surface area (Å²) in [5.74, 6) is -0.808. The summed E-state index contributed by atoms with van der Waals surface area (Å²) in [6.45, 7) is 3.73. The number of rotatable bonds is 3. The fourth-order valence-electron chi connectivity index (χ4n) is 4.04. The topological polar surface area (TPSA) is 69.6 Å². The lowest BCUT2D eigenvalue weighted by Gasteiger charge is -2.52. The van der Waals surface area contributed by atoms with E-state index in [1.54, 1.807) is 0 Å². The van der Waals surface area contributed by atoms with Gasteiger partial charge in [-0.3, -0.25) is 4.79 Å². The SMILES string of the molecule is CCc1ncnc(N2CC[C@@]3(C(=O)O)CCCN(C)[C@@H]3C2)c1F. The van der Waals surface area contributed by atoms with E-state index in [0.29, 0.717) is 43.9 Å². The summed E-state index contributed by atoms with van der Waals surface area (Å²) < 4.78 is 14.5. The van der Waals surface area contributed by atoms with E-state index in [1.165, 1.54) is 6.33 Å². The van der Waals surface area contributed by atoms with Crippen molar-refractivity contribution in [1.29, 1.82) is 0 Å². The largest absolute Gasteiger partial charge is 0.481 e. The minimum absolute atomic E-state index is 0.123. The number of aromatic nitrogens is 2. The number of anilines is 1. The number of likely N-dealkylation sites (tertiary alicyclic amines) is 1. The van der Waals surface area contributed by atoms with E-state index < -0.39 is 11.4 Å². The van der Waals surface area contributed by atoms with Crippen LogP contribution in [0.15, 0.2) is 6.33 Å². The Morgan fingerprint density at radius 2 is 2.22 bits per heavy atom. The normalized spacial score (nSPS) is 28.5. The Morgan fingerprint density at radius 1 is 1.43 bits per heavy atom. The molecule has 0 amide bonds. The molecule has 126 valence electrons. The van der Waals surface area contributed by atoms with E-state index >= 15 is 0 Å². The molecule has 3 heterocycles. The Bertz CT molecular complexity index is 612. The predicted molar refractivity (Wildman–Crippen MR) is 83.9 cm³/mol. The van der Waals surface area contributed by atoms with Gasteiger partial charge in [0, 0.05) is 19.1 Å². The number of aryl methyl sites for hydroxylation is 1. The molecule has 2 fully saturated rings. The van der Waals surface area contributed by atoms with Gasteiger partial charge in [-0.25, -0.2) is 14.4 Å². The van der Waals surface area contributed by atoms with E-state index in [4.69, 9.17) is 0 Å². The maximum Gasteiger partial charge on any atom is 0.311 e. The standard InChI is InChI=1S/C16H23FN4O2/c1-3-11-13(17)14(19-10-18-11)21-8-6-16(15(22)23)5-4-7-20(2)12(16)9-21/h10,12H,3-9H2,1-2H3,(H,22,23)/t12-,16+/m1/s1. The zero-order chi connectivity index (χ0) is 16.6. The van der Waals surface area contributed by atoms with Crippen LogP contribution in [-0.2, 0) is 11.2 Å². The van der Waals surface area contributed by atoms with Crippen molar-refractivity contribution in [2.24, 2.45) is 5.41 Å². The molecule has 1 aromatic rings. The molecule has 2 aliphatic rings. The summed E-state index contributed by atoms with van der Waals surface area (Å²) in [6, 6.07) is -0.123. The summed E-state index contributed by atoms with van der Waals surface area (Å²) in [6.07, 6.45) is 4.00. The molecule has 6 nitrogen and oxygen atoms in total. The third-order valence-electron chi connectivity index (χ3n) is 5.43. The van der Waals surface area contributed by atoms with Crippen molar-refractivity contribution in [2.75, 3.05) is 31.6 Å². The molecule has 0 aromatic carbocycles.